The first-order chi connectivity index (χ1) is 8.63. The summed E-state index contributed by atoms with van der Waals surface area (Å²) in [7, 11) is -1.90. The van der Waals surface area contributed by atoms with Crippen LogP contribution in [0.1, 0.15) is 27.7 Å². The van der Waals surface area contributed by atoms with Crippen LogP contribution in [0.4, 0.5) is 0 Å². The third kappa shape index (κ3) is 4.74. The minimum atomic E-state index is -1.90. The maximum atomic E-state index is 12.1. The van der Waals surface area contributed by atoms with Gasteiger partial charge in [-0.3, -0.25) is 4.79 Å². The molecular formula is C14H23NO2SSi. The second-order valence-electron chi connectivity index (χ2n) is 6.11. The number of pyridine rings is 1. The molecule has 1 unspecified atom stereocenters. The Kier molecular flexibility index (Phi) is 5.35. The summed E-state index contributed by atoms with van der Waals surface area (Å²) in [4.78, 5) is 16.3. The molecule has 0 spiro atoms. The Balaban J connectivity index is 2.64. The minimum Gasteiger partial charge on any atom is -0.406 e. The Morgan fingerprint density at radius 3 is 2.47 bits per heavy atom. The van der Waals surface area contributed by atoms with Gasteiger partial charge in [0, 0.05) is 6.20 Å². The van der Waals surface area contributed by atoms with Gasteiger partial charge in [0.1, 0.15) is 11.1 Å². The molecule has 0 aromatic carbocycles. The van der Waals surface area contributed by atoms with E-state index in [1.807, 2.05) is 25.1 Å². The van der Waals surface area contributed by atoms with Gasteiger partial charge in [-0.05, 0) is 49.0 Å². The lowest BCUT2D eigenvalue weighted by molar-refractivity contribution is -0.116. The standard InChI is InChI=1S/C14H23NO2SSi/c1-11(17-19(5,6)14(2,3)4)13(16)18-12-9-7-8-10-15-12/h7-11H,1-6H3. The molecule has 0 bridgehead atoms. The maximum Gasteiger partial charge on any atom is 0.222 e. The van der Waals surface area contributed by atoms with E-state index in [0.29, 0.717) is 0 Å². The molecule has 0 amide bonds. The van der Waals surface area contributed by atoms with Gasteiger partial charge in [-0.2, -0.15) is 0 Å². The number of hydrogen-bond donors (Lipinski definition) is 0. The average Bonchev–Trinajstić information content (AvgIpc) is 2.28. The molecule has 1 aromatic heterocycles. The van der Waals surface area contributed by atoms with Crippen molar-refractivity contribution in [1.82, 2.24) is 4.98 Å². The fourth-order valence-corrected chi connectivity index (χ4v) is 3.37. The van der Waals surface area contributed by atoms with E-state index in [0.717, 1.165) is 16.8 Å². The van der Waals surface area contributed by atoms with Crippen LogP contribution in [0.25, 0.3) is 0 Å². The van der Waals surface area contributed by atoms with E-state index in [9.17, 15) is 4.79 Å². The zero-order valence-corrected chi connectivity index (χ0v) is 14.4. The molecule has 1 rings (SSSR count). The minimum absolute atomic E-state index is 0.0172. The van der Waals surface area contributed by atoms with E-state index in [-0.39, 0.29) is 10.2 Å². The second-order valence-corrected chi connectivity index (χ2v) is 11.9. The second kappa shape index (κ2) is 6.20. The van der Waals surface area contributed by atoms with E-state index in [2.05, 4.69) is 38.8 Å². The molecule has 0 aliphatic rings. The lowest BCUT2D eigenvalue weighted by Crippen LogP contribution is -2.44. The third-order valence-corrected chi connectivity index (χ3v) is 8.99. The summed E-state index contributed by atoms with van der Waals surface area (Å²) in [6, 6.07) is 5.55. The fourth-order valence-electron chi connectivity index (χ4n) is 1.26. The molecule has 5 heteroatoms. The van der Waals surface area contributed by atoms with Crippen molar-refractivity contribution in [3.8, 4) is 0 Å². The summed E-state index contributed by atoms with van der Waals surface area (Å²) in [5.74, 6) is 0. The van der Waals surface area contributed by atoms with Crippen LogP contribution >= 0.6 is 11.8 Å². The highest BCUT2D eigenvalue weighted by molar-refractivity contribution is 8.13. The first kappa shape index (κ1) is 16.4. The molecule has 0 radical (unpaired) electrons. The molecule has 0 saturated heterocycles. The van der Waals surface area contributed by atoms with Gasteiger partial charge in [-0.25, -0.2) is 4.98 Å². The predicted molar refractivity (Wildman–Crippen MR) is 82.8 cm³/mol. The fraction of sp³-hybridized carbons (Fsp3) is 0.571. The van der Waals surface area contributed by atoms with Gasteiger partial charge < -0.3 is 4.43 Å². The van der Waals surface area contributed by atoms with Crippen LogP contribution in [0, 0.1) is 0 Å². The lowest BCUT2D eigenvalue weighted by Gasteiger charge is -2.37. The highest BCUT2D eigenvalue weighted by Crippen LogP contribution is 2.37. The molecule has 0 aliphatic heterocycles. The largest absolute Gasteiger partial charge is 0.406 e. The van der Waals surface area contributed by atoms with Crippen molar-refractivity contribution in [3.63, 3.8) is 0 Å². The molecule has 1 heterocycles. The zero-order valence-electron chi connectivity index (χ0n) is 12.6. The summed E-state index contributed by atoms with van der Waals surface area (Å²) in [6.07, 6.45) is 1.29. The number of carbonyl (C=O) groups excluding carboxylic acids is 1. The number of nitrogens with zero attached hydrogens (tertiary/aromatic N) is 1. The van der Waals surface area contributed by atoms with Crippen molar-refractivity contribution < 1.29 is 9.22 Å². The molecule has 1 atom stereocenters. The van der Waals surface area contributed by atoms with Gasteiger partial charge in [0.15, 0.2) is 8.32 Å². The molecule has 19 heavy (non-hydrogen) atoms. The Morgan fingerprint density at radius 2 is 2.00 bits per heavy atom. The van der Waals surface area contributed by atoms with Crippen molar-refractivity contribution in [2.45, 2.75) is 57.0 Å². The van der Waals surface area contributed by atoms with Crippen molar-refractivity contribution in [2.75, 3.05) is 0 Å². The first-order valence-corrected chi connectivity index (χ1v) is 10.2. The lowest BCUT2D eigenvalue weighted by atomic mass is 10.2. The van der Waals surface area contributed by atoms with Gasteiger partial charge in [-0.1, -0.05) is 26.8 Å². The normalized spacial score (nSPS) is 14.2. The van der Waals surface area contributed by atoms with Crippen LogP contribution < -0.4 is 0 Å². The van der Waals surface area contributed by atoms with Gasteiger partial charge >= 0.3 is 0 Å². The quantitative estimate of drug-likeness (QED) is 0.619. The zero-order chi connectivity index (χ0) is 14.7. The first-order valence-electron chi connectivity index (χ1n) is 6.44. The Labute approximate surface area is 121 Å². The van der Waals surface area contributed by atoms with Crippen molar-refractivity contribution in [1.29, 1.82) is 0 Å². The number of carbonyl (C=O) groups is 1. The number of aromatic nitrogens is 1. The van der Waals surface area contributed by atoms with Crippen LogP contribution in [-0.4, -0.2) is 24.5 Å². The Bertz CT molecular complexity index is 429. The van der Waals surface area contributed by atoms with Crippen molar-refractivity contribution >= 4 is 25.2 Å². The third-order valence-electron chi connectivity index (χ3n) is 3.45. The summed E-state index contributed by atoms with van der Waals surface area (Å²) < 4.78 is 6.08. The molecule has 1 aromatic rings. The smallest absolute Gasteiger partial charge is 0.222 e. The molecule has 0 N–H and O–H groups in total. The van der Waals surface area contributed by atoms with Gasteiger partial charge in [0.25, 0.3) is 0 Å². The van der Waals surface area contributed by atoms with E-state index in [4.69, 9.17) is 4.43 Å². The Hall–Kier alpha value is -0.653. The topological polar surface area (TPSA) is 39.2 Å². The van der Waals surface area contributed by atoms with E-state index < -0.39 is 14.4 Å². The predicted octanol–water partition coefficient (Wildman–Crippen LogP) is 4.11. The van der Waals surface area contributed by atoms with Crippen molar-refractivity contribution in [2.24, 2.45) is 0 Å². The summed E-state index contributed by atoms with van der Waals surface area (Å²) in [6.45, 7) is 12.6. The summed E-state index contributed by atoms with van der Waals surface area (Å²) in [5.41, 5.74) is 0. The van der Waals surface area contributed by atoms with Crippen LogP contribution in [0.15, 0.2) is 29.4 Å². The van der Waals surface area contributed by atoms with Gasteiger partial charge in [-0.15, -0.1) is 0 Å². The maximum absolute atomic E-state index is 12.1. The number of hydrogen-bond acceptors (Lipinski definition) is 4. The van der Waals surface area contributed by atoms with Gasteiger partial charge in [0.2, 0.25) is 5.12 Å². The molecule has 0 saturated carbocycles. The van der Waals surface area contributed by atoms with Crippen molar-refractivity contribution in [3.05, 3.63) is 24.4 Å². The van der Waals surface area contributed by atoms with Crippen LogP contribution in [-0.2, 0) is 9.22 Å². The van der Waals surface area contributed by atoms with E-state index >= 15 is 0 Å². The van der Waals surface area contributed by atoms with E-state index in [1.54, 1.807) is 6.20 Å². The van der Waals surface area contributed by atoms with E-state index in [1.165, 1.54) is 0 Å². The highest BCUT2D eigenvalue weighted by Gasteiger charge is 2.39. The van der Waals surface area contributed by atoms with Crippen LogP contribution in [0.5, 0.6) is 0 Å². The average molecular weight is 297 g/mol. The molecular weight excluding hydrogens is 274 g/mol. The number of thioether (sulfide) groups is 1. The molecule has 0 aliphatic carbocycles. The molecule has 106 valence electrons. The SMILES string of the molecule is CC(O[Si](C)(C)C(C)(C)C)C(=O)Sc1ccccn1. The molecule has 3 nitrogen and oxygen atoms in total. The Morgan fingerprint density at radius 1 is 1.37 bits per heavy atom. The summed E-state index contributed by atoms with van der Waals surface area (Å²) >= 11 is 1.15. The van der Waals surface area contributed by atoms with Crippen LogP contribution in [0.3, 0.4) is 0 Å². The number of rotatable bonds is 4. The monoisotopic (exact) mass is 297 g/mol. The molecule has 0 fully saturated rings. The highest BCUT2D eigenvalue weighted by atomic mass is 32.2. The van der Waals surface area contributed by atoms with Gasteiger partial charge in [0.05, 0.1) is 0 Å². The van der Waals surface area contributed by atoms with Crippen LogP contribution in [0.2, 0.25) is 18.1 Å². The summed E-state index contributed by atoms with van der Waals surface area (Å²) in [5, 5.41) is 0.846.